The Morgan fingerprint density at radius 3 is 2.14 bits per heavy atom. The van der Waals surface area contributed by atoms with Gasteiger partial charge in [0, 0.05) is 12.1 Å². The normalized spacial score (nSPS) is 13.3. The van der Waals surface area contributed by atoms with Gasteiger partial charge in [-0.25, -0.2) is 0 Å². The monoisotopic (exact) mass is 191 g/mol. The molecule has 1 nitrogen and oxygen atoms in total. The van der Waals surface area contributed by atoms with E-state index >= 15 is 0 Å². The van der Waals surface area contributed by atoms with Crippen molar-refractivity contribution in [1.82, 2.24) is 5.32 Å². The molecule has 0 aliphatic heterocycles. The third kappa shape index (κ3) is 2.85. The maximum atomic E-state index is 3.51. The zero-order valence-electron chi connectivity index (χ0n) is 9.89. The first-order valence-electron chi connectivity index (χ1n) is 5.34. The van der Waals surface area contributed by atoms with Crippen molar-refractivity contribution in [3.63, 3.8) is 0 Å². The van der Waals surface area contributed by atoms with Crippen LogP contribution in [0.25, 0.3) is 0 Å². The Bertz CT molecular complexity index is 302. The molecule has 78 valence electrons. The number of aryl methyl sites for hydroxylation is 2. The summed E-state index contributed by atoms with van der Waals surface area (Å²) >= 11 is 0. The molecular weight excluding hydrogens is 170 g/mol. The summed E-state index contributed by atoms with van der Waals surface area (Å²) in [5, 5.41) is 3.51. The largest absolute Gasteiger partial charge is 0.308 e. The quantitative estimate of drug-likeness (QED) is 0.772. The molecule has 0 unspecified atom stereocenters. The van der Waals surface area contributed by atoms with Crippen molar-refractivity contribution < 1.29 is 0 Å². The standard InChI is InChI=1S/C13H21N/c1-9(2)14-12(5)13-7-6-10(3)11(4)8-13/h6-9,12,14H,1-5H3/t12-/m1/s1. The van der Waals surface area contributed by atoms with E-state index in [2.05, 4.69) is 58.1 Å². The highest BCUT2D eigenvalue weighted by Crippen LogP contribution is 2.16. The van der Waals surface area contributed by atoms with Crippen molar-refractivity contribution >= 4 is 0 Å². The summed E-state index contributed by atoms with van der Waals surface area (Å²) in [6.07, 6.45) is 0. The second-order valence-corrected chi connectivity index (χ2v) is 4.39. The van der Waals surface area contributed by atoms with Crippen LogP contribution in [0.5, 0.6) is 0 Å². The highest BCUT2D eigenvalue weighted by Gasteiger charge is 2.06. The molecule has 0 saturated carbocycles. The van der Waals surface area contributed by atoms with Crippen LogP contribution in [-0.4, -0.2) is 6.04 Å². The molecular formula is C13H21N. The fourth-order valence-corrected chi connectivity index (χ4v) is 1.63. The van der Waals surface area contributed by atoms with Gasteiger partial charge < -0.3 is 5.32 Å². The fraction of sp³-hybridized carbons (Fsp3) is 0.538. The minimum atomic E-state index is 0.439. The van der Waals surface area contributed by atoms with Gasteiger partial charge in [-0.05, 0) is 37.5 Å². The van der Waals surface area contributed by atoms with Crippen LogP contribution in [0.15, 0.2) is 18.2 Å². The summed E-state index contributed by atoms with van der Waals surface area (Å²) in [5.74, 6) is 0. The van der Waals surface area contributed by atoms with Crippen molar-refractivity contribution in [3.8, 4) is 0 Å². The summed E-state index contributed by atoms with van der Waals surface area (Å²) in [5.41, 5.74) is 4.12. The van der Waals surface area contributed by atoms with E-state index < -0.39 is 0 Å². The van der Waals surface area contributed by atoms with Crippen molar-refractivity contribution in [2.75, 3.05) is 0 Å². The molecule has 0 heterocycles. The van der Waals surface area contributed by atoms with Crippen LogP contribution in [0, 0.1) is 13.8 Å². The van der Waals surface area contributed by atoms with Crippen LogP contribution >= 0.6 is 0 Å². The third-order valence-corrected chi connectivity index (χ3v) is 2.61. The van der Waals surface area contributed by atoms with E-state index in [4.69, 9.17) is 0 Å². The SMILES string of the molecule is Cc1ccc([C@@H](C)NC(C)C)cc1C. The van der Waals surface area contributed by atoms with Crippen LogP contribution in [0.4, 0.5) is 0 Å². The zero-order chi connectivity index (χ0) is 10.7. The number of benzene rings is 1. The Morgan fingerprint density at radius 1 is 1.00 bits per heavy atom. The molecule has 0 aliphatic carbocycles. The van der Waals surface area contributed by atoms with E-state index in [9.17, 15) is 0 Å². The molecule has 1 aromatic rings. The van der Waals surface area contributed by atoms with Gasteiger partial charge in [-0.15, -0.1) is 0 Å². The first-order valence-corrected chi connectivity index (χ1v) is 5.34. The fourth-order valence-electron chi connectivity index (χ4n) is 1.63. The molecule has 1 N–H and O–H groups in total. The summed E-state index contributed by atoms with van der Waals surface area (Å²) < 4.78 is 0. The first-order chi connectivity index (χ1) is 6.50. The Kier molecular flexibility index (Phi) is 3.70. The van der Waals surface area contributed by atoms with Gasteiger partial charge in [0.1, 0.15) is 0 Å². The van der Waals surface area contributed by atoms with E-state index in [0.29, 0.717) is 12.1 Å². The van der Waals surface area contributed by atoms with Crippen molar-refractivity contribution in [2.24, 2.45) is 0 Å². The van der Waals surface area contributed by atoms with Gasteiger partial charge in [-0.1, -0.05) is 32.0 Å². The lowest BCUT2D eigenvalue weighted by Gasteiger charge is -2.18. The lowest BCUT2D eigenvalue weighted by molar-refractivity contribution is 0.506. The van der Waals surface area contributed by atoms with Crippen molar-refractivity contribution in [3.05, 3.63) is 34.9 Å². The molecule has 1 aromatic carbocycles. The second-order valence-electron chi connectivity index (χ2n) is 4.39. The van der Waals surface area contributed by atoms with Gasteiger partial charge in [0.25, 0.3) is 0 Å². The molecule has 0 saturated heterocycles. The molecule has 0 bridgehead atoms. The van der Waals surface area contributed by atoms with Crippen LogP contribution in [0.3, 0.4) is 0 Å². The number of nitrogens with one attached hydrogen (secondary N) is 1. The van der Waals surface area contributed by atoms with E-state index in [1.807, 2.05) is 0 Å². The van der Waals surface area contributed by atoms with Gasteiger partial charge in [-0.3, -0.25) is 0 Å². The van der Waals surface area contributed by atoms with Crippen molar-refractivity contribution in [2.45, 2.75) is 46.7 Å². The van der Waals surface area contributed by atoms with Gasteiger partial charge in [0.05, 0.1) is 0 Å². The summed E-state index contributed by atoms with van der Waals surface area (Å²) in [7, 11) is 0. The maximum Gasteiger partial charge on any atom is 0.0294 e. The average Bonchev–Trinajstić information content (AvgIpc) is 2.08. The van der Waals surface area contributed by atoms with Crippen LogP contribution in [-0.2, 0) is 0 Å². The average molecular weight is 191 g/mol. The minimum absolute atomic E-state index is 0.439. The maximum absolute atomic E-state index is 3.51. The second kappa shape index (κ2) is 4.61. The van der Waals surface area contributed by atoms with E-state index in [-0.39, 0.29) is 0 Å². The number of hydrogen-bond acceptors (Lipinski definition) is 1. The Hall–Kier alpha value is -0.820. The van der Waals surface area contributed by atoms with E-state index in [1.165, 1.54) is 16.7 Å². The Morgan fingerprint density at radius 2 is 1.64 bits per heavy atom. The van der Waals surface area contributed by atoms with Crippen molar-refractivity contribution in [1.29, 1.82) is 0 Å². The molecule has 0 fully saturated rings. The van der Waals surface area contributed by atoms with Gasteiger partial charge in [0.15, 0.2) is 0 Å². The summed E-state index contributed by atoms with van der Waals surface area (Å²) in [6.45, 7) is 10.9. The highest BCUT2D eigenvalue weighted by atomic mass is 14.9. The number of hydrogen-bond donors (Lipinski definition) is 1. The highest BCUT2D eigenvalue weighted by molar-refractivity contribution is 5.31. The van der Waals surface area contributed by atoms with Gasteiger partial charge >= 0.3 is 0 Å². The van der Waals surface area contributed by atoms with Crippen LogP contribution < -0.4 is 5.32 Å². The lowest BCUT2D eigenvalue weighted by atomic mass is 10.0. The van der Waals surface area contributed by atoms with E-state index in [1.54, 1.807) is 0 Å². The van der Waals surface area contributed by atoms with E-state index in [0.717, 1.165) is 0 Å². The molecule has 1 atom stereocenters. The predicted molar refractivity (Wildman–Crippen MR) is 62.6 cm³/mol. The van der Waals surface area contributed by atoms with Crippen LogP contribution in [0.2, 0.25) is 0 Å². The molecule has 0 amide bonds. The summed E-state index contributed by atoms with van der Waals surface area (Å²) in [4.78, 5) is 0. The lowest BCUT2D eigenvalue weighted by Crippen LogP contribution is -2.26. The molecule has 0 radical (unpaired) electrons. The molecule has 0 aliphatic rings. The zero-order valence-corrected chi connectivity index (χ0v) is 9.89. The Labute approximate surface area is 87.5 Å². The van der Waals surface area contributed by atoms with Gasteiger partial charge in [0.2, 0.25) is 0 Å². The number of rotatable bonds is 3. The molecule has 0 aromatic heterocycles. The van der Waals surface area contributed by atoms with Gasteiger partial charge in [-0.2, -0.15) is 0 Å². The smallest absolute Gasteiger partial charge is 0.0294 e. The molecule has 0 spiro atoms. The topological polar surface area (TPSA) is 12.0 Å². The predicted octanol–water partition coefficient (Wildman–Crippen LogP) is 3.36. The molecule has 1 heteroatoms. The van der Waals surface area contributed by atoms with Crippen LogP contribution in [0.1, 0.15) is 43.5 Å². The third-order valence-electron chi connectivity index (χ3n) is 2.61. The first kappa shape index (κ1) is 11.3. The molecule has 1 rings (SSSR count). The Balaban J connectivity index is 2.80. The summed E-state index contributed by atoms with van der Waals surface area (Å²) in [6, 6.07) is 7.65. The minimum Gasteiger partial charge on any atom is -0.308 e. The molecule has 14 heavy (non-hydrogen) atoms.